The van der Waals surface area contributed by atoms with E-state index in [1.54, 1.807) is 0 Å². The van der Waals surface area contributed by atoms with Crippen molar-refractivity contribution in [2.45, 2.75) is 46.1 Å². The van der Waals surface area contributed by atoms with Gasteiger partial charge in [0.15, 0.2) is 5.82 Å². The molecular weight excluding hydrogens is 250 g/mol. The zero-order chi connectivity index (χ0) is 14.7. The molecule has 1 aliphatic rings. The minimum atomic E-state index is 0.132. The number of aryl methyl sites for hydroxylation is 1. The molecule has 2 heterocycles. The first-order valence-electron chi connectivity index (χ1n) is 7.41. The maximum Gasteiger partial charge on any atom is 0.169 e. The van der Waals surface area contributed by atoms with Crippen molar-refractivity contribution < 1.29 is 0 Å². The van der Waals surface area contributed by atoms with Crippen LogP contribution in [0.5, 0.6) is 0 Å². The Morgan fingerprint density at radius 2 is 2.10 bits per heavy atom. The van der Waals surface area contributed by atoms with Gasteiger partial charge < -0.3 is 10.6 Å². The Bertz CT molecular complexity index is 520. The van der Waals surface area contributed by atoms with Crippen molar-refractivity contribution >= 4 is 5.82 Å². The van der Waals surface area contributed by atoms with Crippen molar-refractivity contribution in [3.8, 4) is 6.07 Å². The highest BCUT2D eigenvalue weighted by atomic mass is 15.3. The number of hydrogen-bond donors (Lipinski definition) is 1. The van der Waals surface area contributed by atoms with Crippen LogP contribution in [0.1, 0.15) is 44.0 Å². The normalized spacial score (nSPS) is 22.6. The van der Waals surface area contributed by atoms with Gasteiger partial charge in [0.25, 0.3) is 0 Å². The maximum absolute atomic E-state index is 9.52. The number of anilines is 1. The second-order valence-electron chi connectivity index (χ2n) is 5.52. The highest BCUT2D eigenvalue weighted by Crippen LogP contribution is 2.26. The molecule has 1 saturated heterocycles. The van der Waals surface area contributed by atoms with E-state index in [1.807, 2.05) is 6.92 Å². The molecule has 2 rings (SSSR count). The first-order chi connectivity index (χ1) is 9.62. The van der Waals surface area contributed by atoms with Gasteiger partial charge in [-0.1, -0.05) is 20.8 Å². The molecule has 0 amide bonds. The fourth-order valence-electron chi connectivity index (χ4n) is 2.79. The lowest BCUT2D eigenvalue weighted by Gasteiger charge is -2.36. The SMILES string of the molecule is CCc1nnc(N2CCC(C)C(N)C2)c(C#N)c1CC. The van der Waals surface area contributed by atoms with E-state index < -0.39 is 0 Å². The quantitative estimate of drug-likeness (QED) is 0.905. The van der Waals surface area contributed by atoms with Gasteiger partial charge in [-0.2, -0.15) is 10.4 Å². The maximum atomic E-state index is 9.52. The van der Waals surface area contributed by atoms with Crippen LogP contribution in [0.3, 0.4) is 0 Å². The van der Waals surface area contributed by atoms with Crippen LogP contribution in [-0.4, -0.2) is 29.3 Å². The largest absolute Gasteiger partial charge is 0.352 e. The molecule has 20 heavy (non-hydrogen) atoms. The van der Waals surface area contributed by atoms with Crippen LogP contribution in [0.2, 0.25) is 0 Å². The van der Waals surface area contributed by atoms with E-state index in [0.717, 1.165) is 43.6 Å². The van der Waals surface area contributed by atoms with E-state index in [9.17, 15) is 5.26 Å². The van der Waals surface area contributed by atoms with E-state index in [2.05, 4.69) is 35.0 Å². The van der Waals surface area contributed by atoms with Gasteiger partial charge in [-0.3, -0.25) is 0 Å². The summed E-state index contributed by atoms with van der Waals surface area (Å²) >= 11 is 0. The highest BCUT2D eigenvalue weighted by Gasteiger charge is 2.27. The fourth-order valence-corrected chi connectivity index (χ4v) is 2.79. The molecule has 0 aliphatic carbocycles. The van der Waals surface area contributed by atoms with Gasteiger partial charge in [0.05, 0.1) is 5.69 Å². The number of nitrogens with zero attached hydrogens (tertiary/aromatic N) is 4. The summed E-state index contributed by atoms with van der Waals surface area (Å²) in [6, 6.07) is 2.46. The predicted molar refractivity (Wildman–Crippen MR) is 79.5 cm³/mol. The minimum Gasteiger partial charge on any atom is -0.352 e. The second-order valence-corrected chi connectivity index (χ2v) is 5.52. The van der Waals surface area contributed by atoms with Crippen LogP contribution in [-0.2, 0) is 12.8 Å². The van der Waals surface area contributed by atoms with Crippen LogP contribution in [0.4, 0.5) is 5.82 Å². The van der Waals surface area contributed by atoms with E-state index in [-0.39, 0.29) is 6.04 Å². The van der Waals surface area contributed by atoms with Gasteiger partial charge in [-0.25, -0.2) is 0 Å². The van der Waals surface area contributed by atoms with Crippen LogP contribution >= 0.6 is 0 Å². The molecule has 0 aromatic carbocycles. The highest BCUT2D eigenvalue weighted by molar-refractivity contribution is 5.58. The number of piperidine rings is 1. The van der Waals surface area contributed by atoms with Crippen molar-refractivity contribution in [1.82, 2.24) is 10.2 Å². The van der Waals surface area contributed by atoms with Gasteiger partial charge >= 0.3 is 0 Å². The van der Waals surface area contributed by atoms with Crippen LogP contribution < -0.4 is 10.6 Å². The molecule has 0 bridgehead atoms. The van der Waals surface area contributed by atoms with Crippen molar-refractivity contribution in [2.24, 2.45) is 11.7 Å². The first-order valence-corrected chi connectivity index (χ1v) is 7.41. The topological polar surface area (TPSA) is 78.8 Å². The second kappa shape index (κ2) is 6.19. The number of aromatic nitrogens is 2. The molecule has 1 aromatic rings. The molecule has 1 aliphatic heterocycles. The van der Waals surface area contributed by atoms with Gasteiger partial charge in [-0.05, 0) is 30.7 Å². The third-order valence-corrected chi connectivity index (χ3v) is 4.26. The zero-order valence-electron chi connectivity index (χ0n) is 12.6. The average molecular weight is 273 g/mol. The summed E-state index contributed by atoms with van der Waals surface area (Å²) in [5.74, 6) is 1.23. The standard InChI is InChI=1S/C15H23N5/c1-4-11-12(8-16)15(19-18-14(11)5-2)20-7-6-10(3)13(17)9-20/h10,13H,4-7,9,17H2,1-3H3. The summed E-state index contributed by atoms with van der Waals surface area (Å²) in [4.78, 5) is 2.12. The van der Waals surface area contributed by atoms with Crippen molar-refractivity contribution in [1.29, 1.82) is 5.26 Å². The lowest BCUT2D eigenvalue weighted by atomic mass is 9.93. The fraction of sp³-hybridized carbons (Fsp3) is 0.667. The van der Waals surface area contributed by atoms with E-state index in [0.29, 0.717) is 17.3 Å². The Morgan fingerprint density at radius 3 is 2.65 bits per heavy atom. The third kappa shape index (κ3) is 2.61. The first kappa shape index (κ1) is 14.7. The molecule has 108 valence electrons. The molecule has 5 heteroatoms. The summed E-state index contributed by atoms with van der Waals surface area (Å²) in [6.45, 7) is 7.93. The van der Waals surface area contributed by atoms with Crippen molar-refractivity contribution in [3.05, 3.63) is 16.8 Å². The Balaban J connectivity index is 2.40. The molecule has 0 saturated carbocycles. The van der Waals surface area contributed by atoms with Crippen LogP contribution in [0, 0.1) is 17.2 Å². The molecule has 1 aromatic heterocycles. The number of rotatable bonds is 3. The molecular formula is C15H23N5. The Hall–Kier alpha value is -1.67. The summed E-state index contributed by atoms with van der Waals surface area (Å²) in [6.07, 6.45) is 2.65. The molecule has 2 atom stereocenters. The minimum absolute atomic E-state index is 0.132. The van der Waals surface area contributed by atoms with Crippen LogP contribution in [0.25, 0.3) is 0 Å². The smallest absolute Gasteiger partial charge is 0.169 e. The molecule has 5 nitrogen and oxygen atoms in total. The molecule has 2 unspecified atom stereocenters. The Kier molecular flexibility index (Phi) is 4.56. The van der Waals surface area contributed by atoms with Gasteiger partial charge in [0.1, 0.15) is 11.6 Å². The van der Waals surface area contributed by atoms with E-state index in [1.165, 1.54) is 0 Å². The zero-order valence-corrected chi connectivity index (χ0v) is 12.6. The summed E-state index contributed by atoms with van der Waals surface area (Å²) < 4.78 is 0. The van der Waals surface area contributed by atoms with Crippen molar-refractivity contribution in [3.63, 3.8) is 0 Å². The third-order valence-electron chi connectivity index (χ3n) is 4.26. The van der Waals surface area contributed by atoms with E-state index in [4.69, 9.17) is 5.73 Å². The molecule has 0 radical (unpaired) electrons. The molecule has 1 fully saturated rings. The van der Waals surface area contributed by atoms with Gasteiger partial charge in [-0.15, -0.1) is 5.10 Å². The average Bonchev–Trinajstić information content (AvgIpc) is 2.48. The predicted octanol–water partition coefficient (Wildman–Crippen LogP) is 1.65. The summed E-state index contributed by atoms with van der Waals surface area (Å²) in [5.41, 5.74) is 8.80. The lowest BCUT2D eigenvalue weighted by molar-refractivity contribution is 0.377. The van der Waals surface area contributed by atoms with Crippen LogP contribution in [0.15, 0.2) is 0 Å². The number of nitrogens with two attached hydrogens (primary N) is 1. The van der Waals surface area contributed by atoms with Gasteiger partial charge in [0, 0.05) is 19.1 Å². The Morgan fingerprint density at radius 1 is 1.35 bits per heavy atom. The lowest BCUT2D eigenvalue weighted by Crippen LogP contribution is -2.48. The molecule has 2 N–H and O–H groups in total. The van der Waals surface area contributed by atoms with Gasteiger partial charge in [0.2, 0.25) is 0 Å². The molecule has 0 spiro atoms. The Labute approximate surface area is 120 Å². The monoisotopic (exact) mass is 273 g/mol. The number of nitriles is 1. The summed E-state index contributed by atoms with van der Waals surface area (Å²) in [5, 5.41) is 18.1. The summed E-state index contributed by atoms with van der Waals surface area (Å²) in [7, 11) is 0. The van der Waals surface area contributed by atoms with E-state index >= 15 is 0 Å². The number of hydrogen-bond acceptors (Lipinski definition) is 5. The van der Waals surface area contributed by atoms with Crippen molar-refractivity contribution in [2.75, 3.05) is 18.0 Å².